The van der Waals surface area contributed by atoms with Gasteiger partial charge in [0.1, 0.15) is 0 Å². The molecule has 0 saturated carbocycles. The smallest absolute Gasteiger partial charge is 0.228 e. The number of piperidine rings is 1. The van der Waals surface area contributed by atoms with Crippen LogP contribution < -0.4 is 10.2 Å². The number of nitrogens with one attached hydrogen (secondary N) is 1. The summed E-state index contributed by atoms with van der Waals surface area (Å²) in [4.78, 5) is 17.7. The van der Waals surface area contributed by atoms with Crippen molar-refractivity contribution in [3.63, 3.8) is 0 Å². The maximum absolute atomic E-state index is 12.1. The molecule has 1 aliphatic rings. The fraction of sp³-hybridized carbons (Fsp3) is 0.538. The number of rotatable bonds is 3. The zero-order chi connectivity index (χ0) is 12.1. The van der Waals surface area contributed by atoms with Crippen molar-refractivity contribution in [2.45, 2.75) is 31.7 Å². The largest absolute Gasteiger partial charge is 0.315 e. The first-order chi connectivity index (χ1) is 8.27. The summed E-state index contributed by atoms with van der Waals surface area (Å²) in [6.07, 6.45) is 7.56. The quantitative estimate of drug-likeness (QED) is 0.862. The molecule has 0 aromatic carbocycles. The van der Waals surface area contributed by atoms with E-state index in [4.69, 9.17) is 0 Å². The summed E-state index contributed by atoms with van der Waals surface area (Å²) in [5.74, 6) is 0.163. The van der Waals surface area contributed by atoms with Gasteiger partial charge in [0.25, 0.3) is 0 Å². The molecular weight excluding hydrogens is 214 g/mol. The van der Waals surface area contributed by atoms with Gasteiger partial charge in [0, 0.05) is 37.6 Å². The highest BCUT2D eigenvalue weighted by Gasteiger charge is 2.19. The molecule has 0 radical (unpaired) electrons. The van der Waals surface area contributed by atoms with E-state index in [0.717, 1.165) is 18.7 Å². The molecule has 4 nitrogen and oxygen atoms in total. The molecule has 0 aliphatic carbocycles. The van der Waals surface area contributed by atoms with Crippen molar-refractivity contribution in [3.05, 3.63) is 24.5 Å². The number of nitrogens with zero attached hydrogens (tertiary/aromatic N) is 2. The fourth-order valence-electron chi connectivity index (χ4n) is 2.16. The molecule has 0 bridgehead atoms. The Hall–Kier alpha value is -1.42. The maximum Gasteiger partial charge on any atom is 0.228 e. The summed E-state index contributed by atoms with van der Waals surface area (Å²) < 4.78 is 0. The fourth-order valence-corrected chi connectivity index (χ4v) is 2.16. The summed E-state index contributed by atoms with van der Waals surface area (Å²) in [7, 11) is 1.82. The highest BCUT2D eigenvalue weighted by atomic mass is 16.2. The molecule has 92 valence electrons. The average molecular weight is 233 g/mol. The predicted octanol–water partition coefficient (Wildman–Crippen LogP) is 1.58. The van der Waals surface area contributed by atoms with E-state index in [0.29, 0.717) is 12.5 Å². The van der Waals surface area contributed by atoms with Crippen molar-refractivity contribution in [1.82, 2.24) is 10.3 Å². The molecule has 1 aliphatic heterocycles. The van der Waals surface area contributed by atoms with Crippen molar-refractivity contribution < 1.29 is 4.79 Å². The molecule has 1 saturated heterocycles. The van der Waals surface area contributed by atoms with Crippen LogP contribution in [-0.2, 0) is 4.79 Å². The van der Waals surface area contributed by atoms with Crippen LogP contribution in [0.1, 0.15) is 25.7 Å². The predicted molar refractivity (Wildman–Crippen MR) is 67.9 cm³/mol. The second-order valence-electron chi connectivity index (χ2n) is 4.51. The minimum atomic E-state index is 0.163. The van der Waals surface area contributed by atoms with Gasteiger partial charge in [-0.3, -0.25) is 9.78 Å². The van der Waals surface area contributed by atoms with Gasteiger partial charge in [-0.2, -0.15) is 0 Å². The summed E-state index contributed by atoms with van der Waals surface area (Å²) in [6.45, 7) is 1.04. The van der Waals surface area contributed by atoms with E-state index in [1.165, 1.54) is 12.8 Å². The number of carbonyl (C=O) groups is 1. The Morgan fingerprint density at radius 1 is 1.47 bits per heavy atom. The van der Waals surface area contributed by atoms with Gasteiger partial charge in [0.2, 0.25) is 5.91 Å². The Balaban J connectivity index is 1.91. The van der Waals surface area contributed by atoms with Crippen LogP contribution in [0.15, 0.2) is 24.5 Å². The molecule has 1 amide bonds. The lowest BCUT2D eigenvalue weighted by Gasteiger charge is -2.25. The highest BCUT2D eigenvalue weighted by molar-refractivity contribution is 5.93. The first-order valence-corrected chi connectivity index (χ1v) is 6.17. The molecule has 1 aromatic heterocycles. The SMILES string of the molecule is CN(C(=O)CC1CCCCN1)c1ccncc1. The Bertz CT molecular complexity index is 360. The Morgan fingerprint density at radius 3 is 2.88 bits per heavy atom. The van der Waals surface area contributed by atoms with Gasteiger partial charge in [-0.1, -0.05) is 6.42 Å². The van der Waals surface area contributed by atoms with Gasteiger partial charge in [0.15, 0.2) is 0 Å². The van der Waals surface area contributed by atoms with Gasteiger partial charge < -0.3 is 10.2 Å². The van der Waals surface area contributed by atoms with E-state index in [1.807, 2.05) is 19.2 Å². The van der Waals surface area contributed by atoms with Crippen molar-refractivity contribution in [2.24, 2.45) is 0 Å². The third kappa shape index (κ3) is 3.27. The number of hydrogen-bond donors (Lipinski definition) is 1. The summed E-state index contributed by atoms with van der Waals surface area (Å²) in [5.41, 5.74) is 0.904. The number of pyridine rings is 1. The van der Waals surface area contributed by atoms with Crippen LogP contribution >= 0.6 is 0 Å². The number of anilines is 1. The van der Waals surface area contributed by atoms with Gasteiger partial charge in [-0.25, -0.2) is 0 Å². The molecular formula is C13H19N3O. The van der Waals surface area contributed by atoms with E-state index in [1.54, 1.807) is 17.3 Å². The van der Waals surface area contributed by atoms with Crippen LogP contribution in [-0.4, -0.2) is 30.5 Å². The van der Waals surface area contributed by atoms with E-state index in [-0.39, 0.29) is 5.91 Å². The van der Waals surface area contributed by atoms with E-state index in [9.17, 15) is 4.79 Å². The van der Waals surface area contributed by atoms with Crippen LogP contribution in [0.4, 0.5) is 5.69 Å². The van der Waals surface area contributed by atoms with Gasteiger partial charge in [-0.15, -0.1) is 0 Å². The molecule has 0 spiro atoms. The van der Waals surface area contributed by atoms with Crippen LogP contribution in [0, 0.1) is 0 Å². The van der Waals surface area contributed by atoms with Crippen molar-refractivity contribution in [3.8, 4) is 0 Å². The van der Waals surface area contributed by atoms with Gasteiger partial charge >= 0.3 is 0 Å². The number of carbonyl (C=O) groups excluding carboxylic acids is 1. The molecule has 2 rings (SSSR count). The first kappa shape index (κ1) is 12.0. The minimum absolute atomic E-state index is 0.163. The lowest BCUT2D eigenvalue weighted by molar-refractivity contribution is -0.118. The summed E-state index contributed by atoms with van der Waals surface area (Å²) in [6, 6.07) is 4.05. The summed E-state index contributed by atoms with van der Waals surface area (Å²) in [5, 5.41) is 3.40. The van der Waals surface area contributed by atoms with Crippen molar-refractivity contribution in [1.29, 1.82) is 0 Å². The molecule has 4 heteroatoms. The molecule has 1 aromatic rings. The van der Waals surface area contributed by atoms with Crippen LogP contribution in [0.5, 0.6) is 0 Å². The first-order valence-electron chi connectivity index (χ1n) is 6.17. The van der Waals surface area contributed by atoms with E-state index < -0.39 is 0 Å². The van der Waals surface area contributed by atoms with Crippen molar-refractivity contribution in [2.75, 3.05) is 18.5 Å². The Morgan fingerprint density at radius 2 is 2.24 bits per heavy atom. The van der Waals surface area contributed by atoms with Gasteiger partial charge in [0.05, 0.1) is 0 Å². The minimum Gasteiger partial charge on any atom is -0.315 e. The van der Waals surface area contributed by atoms with Crippen LogP contribution in [0.25, 0.3) is 0 Å². The number of hydrogen-bond acceptors (Lipinski definition) is 3. The zero-order valence-corrected chi connectivity index (χ0v) is 10.2. The van der Waals surface area contributed by atoms with E-state index in [2.05, 4.69) is 10.3 Å². The standard InChI is InChI=1S/C13H19N3O/c1-16(12-5-8-14-9-6-12)13(17)10-11-4-2-3-7-15-11/h5-6,8-9,11,15H,2-4,7,10H2,1H3. The Labute approximate surface area is 102 Å². The topological polar surface area (TPSA) is 45.2 Å². The molecule has 2 heterocycles. The monoisotopic (exact) mass is 233 g/mol. The third-order valence-electron chi connectivity index (χ3n) is 3.26. The molecule has 1 unspecified atom stereocenters. The second kappa shape index (κ2) is 5.77. The van der Waals surface area contributed by atoms with Crippen molar-refractivity contribution >= 4 is 11.6 Å². The Kier molecular flexibility index (Phi) is 4.09. The number of aromatic nitrogens is 1. The number of amides is 1. The second-order valence-corrected chi connectivity index (χ2v) is 4.51. The lowest BCUT2D eigenvalue weighted by atomic mass is 10.0. The lowest BCUT2D eigenvalue weighted by Crippen LogP contribution is -2.39. The summed E-state index contributed by atoms with van der Waals surface area (Å²) >= 11 is 0. The van der Waals surface area contributed by atoms with Gasteiger partial charge in [-0.05, 0) is 31.5 Å². The van der Waals surface area contributed by atoms with Crippen LogP contribution in [0.2, 0.25) is 0 Å². The molecule has 1 atom stereocenters. The van der Waals surface area contributed by atoms with Crippen LogP contribution in [0.3, 0.4) is 0 Å². The maximum atomic E-state index is 12.1. The average Bonchev–Trinajstić information content (AvgIpc) is 2.40. The molecule has 1 N–H and O–H groups in total. The van der Waals surface area contributed by atoms with E-state index >= 15 is 0 Å². The molecule has 1 fully saturated rings. The normalized spacial score (nSPS) is 19.9. The molecule has 17 heavy (non-hydrogen) atoms. The zero-order valence-electron chi connectivity index (χ0n) is 10.2. The third-order valence-corrected chi connectivity index (χ3v) is 3.26. The highest BCUT2D eigenvalue weighted by Crippen LogP contribution is 2.15.